The number of hydrogen-bond acceptors (Lipinski definition) is 3. The maximum atomic E-state index is 4.28. The number of nitrogens with zero attached hydrogens (tertiary/aromatic N) is 1. The lowest BCUT2D eigenvalue weighted by Gasteiger charge is -2.18. The highest BCUT2D eigenvalue weighted by atomic mass is 32.1. The number of aromatic nitrogens is 1. The lowest BCUT2D eigenvalue weighted by atomic mass is 10.0. The van der Waals surface area contributed by atoms with Crippen LogP contribution in [0.15, 0.2) is 6.20 Å². The van der Waals surface area contributed by atoms with Crippen molar-refractivity contribution in [2.24, 2.45) is 5.92 Å². The van der Waals surface area contributed by atoms with E-state index in [0.717, 1.165) is 18.5 Å². The molecule has 0 aliphatic heterocycles. The topological polar surface area (TPSA) is 24.9 Å². The maximum Gasteiger partial charge on any atom is 0.0897 e. The molecule has 2 atom stereocenters. The van der Waals surface area contributed by atoms with Crippen molar-refractivity contribution in [1.29, 1.82) is 0 Å². The fraction of sp³-hybridized carbons (Fsp3) is 0.750. The van der Waals surface area contributed by atoms with Gasteiger partial charge in [0.1, 0.15) is 0 Å². The molecule has 2 nitrogen and oxygen atoms in total. The summed E-state index contributed by atoms with van der Waals surface area (Å²) in [5.41, 5.74) is 0. The molecular formula is C12H20N2S. The molecule has 15 heavy (non-hydrogen) atoms. The third kappa shape index (κ3) is 2.79. The first-order valence-corrected chi connectivity index (χ1v) is 6.76. The monoisotopic (exact) mass is 224 g/mol. The van der Waals surface area contributed by atoms with Gasteiger partial charge in [-0.25, -0.2) is 4.98 Å². The molecule has 0 spiro atoms. The molecule has 0 amide bonds. The Hall–Kier alpha value is -0.410. The molecule has 1 fully saturated rings. The normalized spacial score (nSPS) is 26.0. The van der Waals surface area contributed by atoms with Gasteiger partial charge in [0, 0.05) is 23.7 Å². The fourth-order valence-corrected chi connectivity index (χ4v) is 3.26. The van der Waals surface area contributed by atoms with Crippen molar-refractivity contribution in [3.05, 3.63) is 16.1 Å². The first kappa shape index (κ1) is 11.1. The number of nitrogens with one attached hydrogen (secondary N) is 1. The lowest BCUT2D eigenvalue weighted by Crippen LogP contribution is -2.31. The molecule has 0 aromatic carbocycles. The van der Waals surface area contributed by atoms with Crippen molar-refractivity contribution in [3.8, 4) is 0 Å². The predicted octanol–water partition coefficient (Wildman–Crippen LogP) is 3.12. The second-order valence-corrected chi connectivity index (χ2v) is 5.75. The molecule has 1 aliphatic carbocycles. The number of thiazole rings is 1. The van der Waals surface area contributed by atoms with Gasteiger partial charge in [-0.05, 0) is 25.7 Å². The minimum absolute atomic E-state index is 0.748. The van der Waals surface area contributed by atoms with Crippen LogP contribution in [0.5, 0.6) is 0 Å². The van der Waals surface area contributed by atoms with E-state index in [2.05, 4.69) is 24.1 Å². The van der Waals surface area contributed by atoms with Gasteiger partial charge in [-0.15, -0.1) is 11.3 Å². The van der Waals surface area contributed by atoms with Gasteiger partial charge in [0.2, 0.25) is 0 Å². The van der Waals surface area contributed by atoms with E-state index in [4.69, 9.17) is 0 Å². The van der Waals surface area contributed by atoms with Crippen LogP contribution in [-0.2, 0) is 6.54 Å². The fourth-order valence-electron chi connectivity index (χ4n) is 2.51. The summed E-state index contributed by atoms with van der Waals surface area (Å²) >= 11 is 1.81. The van der Waals surface area contributed by atoms with Crippen LogP contribution in [0.4, 0.5) is 0 Å². The summed E-state index contributed by atoms with van der Waals surface area (Å²) in [7, 11) is 0. The van der Waals surface area contributed by atoms with Crippen LogP contribution in [0, 0.1) is 12.8 Å². The average molecular weight is 224 g/mol. The number of rotatable bonds is 4. The van der Waals surface area contributed by atoms with Crippen LogP contribution >= 0.6 is 11.3 Å². The summed E-state index contributed by atoms with van der Waals surface area (Å²) in [6.07, 6.45) is 7.49. The first-order valence-electron chi connectivity index (χ1n) is 5.94. The lowest BCUT2D eigenvalue weighted by molar-refractivity contribution is 0.390. The molecule has 2 rings (SSSR count). The zero-order valence-electron chi connectivity index (χ0n) is 9.62. The van der Waals surface area contributed by atoms with Crippen LogP contribution in [0.3, 0.4) is 0 Å². The van der Waals surface area contributed by atoms with E-state index >= 15 is 0 Å². The molecule has 0 bridgehead atoms. The highest BCUT2D eigenvalue weighted by Gasteiger charge is 2.24. The van der Waals surface area contributed by atoms with E-state index in [0.29, 0.717) is 0 Å². The third-order valence-corrected chi connectivity index (χ3v) is 4.30. The Labute approximate surface area is 96.1 Å². The molecule has 1 aromatic rings. The van der Waals surface area contributed by atoms with Gasteiger partial charge >= 0.3 is 0 Å². The first-order chi connectivity index (χ1) is 7.29. The van der Waals surface area contributed by atoms with Crippen LogP contribution in [0.25, 0.3) is 0 Å². The quantitative estimate of drug-likeness (QED) is 0.850. The molecule has 0 radical (unpaired) electrons. The number of aryl methyl sites for hydroxylation is 1. The van der Waals surface area contributed by atoms with Gasteiger partial charge in [-0.2, -0.15) is 0 Å². The molecule has 3 heteroatoms. The van der Waals surface area contributed by atoms with Gasteiger partial charge in [0.25, 0.3) is 0 Å². The molecule has 0 saturated heterocycles. The van der Waals surface area contributed by atoms with Crippen LogP contribution in [-0.4, -0.2) is 11.0 Å². The summed E-state index contributed by atoms with van der Waals surface area (Å²) in [5.74, 6) is 0.902. The van der Waals surface area contributed by atoms with E-state index in [1.54, 1.807) is 11.3 Å². The maximum absolute atomic E-state index is 4.28. The van der Waals surface area contributed by atoms with Gasteiger partial charge in [-0.1, -0.05) is 19.8 Å². The molecule has 1 aliphatic rings. The Bertz CT molecular complexity index is 308. The smallest absolute Gasteiger partial charge is 0.0897 e. The SMILES string of the molecule is CCC1CCCC1NCc1cnc(C)s1. The van der Waals surface area contributed by atoms with Gasteiger partial charge < -0.3 is 5.32 Å². The molecular weight excluding hydrogens is 204 g/mol. The highest BCUT2D eigenvalue weighted by molar-refractivity contribution is 7.11. The van der Waals surface area contributed by atoms with E-state index < -0.39 is 0 Å². The van der Waals surface area contributed by atoms with Crippen LogP contribution in [0.2, 0.25) is 0 Å². The second-order valence-electron chi connectivity index (χ2n) is 4.43. The Morgan fingerprint density at radius 1 is 1.53 bits per heavy atom. The summed E-state index contributed by atoms with van der Waals surface area (Å²) in [6, 6.07) is 0.748. The van der Waals surface area contributed by atoms with Gasteiger partial charge in [0.15, 0.2) is 0 Å². The standard InChI is InChI=1S/C12H20N2S/c1-3-10-5-4-6-12(10)14-8-11-7-13-9(2)15-11/h7,10,12,14H,3-6,8H2,1-2H3. The molecule has 84 valence electrons. The molecule has 2 unspecified atom stereocenters. The van der Waals surface area contributed by atoms with Gasteiger partial charge in [-0.3, -0.25) is 0 Å². The Morgan fingerprint density at radius 3 is 3.07 bits per heavy atom. The molecule has 1 N–H and O–H groups in total. The Balaban J connectivity index is 1.82. The van der Waals surface area contributed by atoms with E-state index in [9.17, 15) is 0 Å². The summed E-state index contributed by atoms with van der Waals surface area (Å²) in [6.45, 7) is 5.38. The third-order valence-electron chi connectivity index (χ3n) is 3.39. The predicted molar refractivity (Wildman–Crippen MR) is 65.1 cm³/mol. The zero-order valence-corrected chi connectivity index (χ0v) is 10.4. The summed E-state index contributed by atoms with van der Waals surface area (Å²) in [5, 5.41) is 4.85. The molecule has 1 heterocycles. The van der Waals surface area contributed by atoms with Crippen molar-refractivity contribution in [2.45, 2.75) is 52.1 Å². The van der Waals surface area contributed by atoms with Crippen molar-refractivity contribution < 1.29 is 0 Å². The summed E-state index contributed by atoms with van der Waals surface area (Å²) < 4.78 is 0. The molecule has 1 aromatic heterocycles. The van der Waals surface area contributed by atoms with Crippen molar-refractivity contribution in [2.75, 3.05) is 0 Å². The Morgan fingerprint density at radius 2 is 2.40 bits per heavy atom. The van der Waals surface area contributed by atoms with Crippen LogP contribution in [0.1, 0.15) is 42.5 Å². The van der Waals surface area contributed by atoms with Crippen molar-refractivity contribution >= 4 is 11.3 Å². The van der Waals surface area contributed by atoms with E-state index in [1.807, 2.05) is 6.20 Å². The average Bonchev–Trinajstić information content (AvgIpc) is 2.83. The van der Waals surface area contributed by atoms with Gasteiger partial charge in [0.05, 0.1) is 5.01 Å². The summed E-state index contributed by atoms with van der Waals surface area (Å²) in [4.78, 5) is 5.65. The minimum Gasteiger partial charge on any atom is -0.309 e. The van der Waals surface area contributed by atoms with E-state index in [1.165, 1.54) is 35.6 Å². The van der Waals surface area contributed by atoms with E-state index in [-0.39, 0.29) is 0 Å². The second kappa shape index (κ2) is 5.08. The van der Waals surface area contributed by atoms with Crippen molar-refractivity contribution in [1.82, 2.24) is 10.3 Å². The van der Waals surface area contributed by atoms with Crippen molar-refractivity contribution in [3.63, 3.8) is 0 Å². The minimum atomic E-state index is 0.748. The zero-order chi connectivity index (χ0) is 10.7. The molecule has 1 saturated carbocycles. The Kier molecular flexibility index (Phi) is 3.76. The van der Waals surface area contributed by atoms with Crippen LogP contribution < -0.4 is 5.32 Å². The highest BCUT2D eigenvalue weighted by Crippen LogP contribution is 2.28. The number of hydrogen-bond donors (Lipinski definition) is 1. The largest absolute Gasteiger partial charge is 0.309 e.